The van der Waals surface area contributed by atoms with Gasteiger partial charge in [-0.15, -0.1) is 23.7 Å². The number of nitrogens with two attached hydrogens (primary N) is 1. The van der Waals surface area contributed by atoms with E-state index in [1.807, 2.05) is 0 Å². The molecule has 1 aromatic heterocycles. The van der Waals surface area contributed by atoms with Gasteiger partial charge in [0, 0.05) is 31.1 Å². The maximum atomic E-state index is 5.85. The van der Waals surface area contributed by atoms with Crippen molar-refractivity contribution < 1.29 is 0 Å². The number of aromatic nitrogens is 1. The zero-order chi connectivity index (χ0) is 9.97. The lowest BCUT2D eigenvalue weighted by atomic mass is 10.3. The van der Waals surface area contributed by atoms with Gasteiger partial charge >= 0.3 is 0 Å². The minimum Gasteiger partial charge on any atom is -0.326 e. The van der Waals surface area contributed by atoms with Crippen LogP contribution in [0.25, 0.3) is 0 Å². The highest BCUT2D eigenvalue weighted by atomic mass is 35.5. The van der Waals surface area contributed by atoms with Gasteiger partial charge in [0.1, 0.15) is 0 Å². The maximum Gasteiger partial charge on any atom is 0.0926 e. The summed E-state index contributed by atoms with van der Waals surface area (Å²) in [5.74, 6) is 0. The first-order valence-corrected chi connectivity index (χ1v) is 6.07. The molecule has 15 heavy (non-hydrogen) atoms. The first-order valence-electron chi connectivity index (χ1n) is 5.19. The molecule has 1 saturated heterocycles. The molecule has 0 bridgehead atoms. The molecule has 5 heteroatoms. The van der Waals surface area contributed by atoms with Crippen LogP contribution in [0.5, 0.6) is 0 Å². The Morgan fingerprint density at radius 2 is 2.47 bits per heavy atom. The Kier molecular flexibility index (Phi) is 4.99. The summed E-state index contributed by atoms with van der Waals surface area (Å²) in [5, 5.41) is 3.41. The molecular weight excluding hydrogens is 230 g/mol. The highest BCUT2D eigenvalue weighted by Gasteiger charge is 2.19. The fourth-order valence-electron chi connectivity index (χ4n) is 1.82. The smallest absolute Gasteiger partial charge is 0.0926 e. The number of nitrogens with zero attached hydrogens (tertiary/aromatic N) is 2. The predicted molar refractivity (Wildman–Crippen MR) is 66.6 cm³/mol. The molecule has 0 aromatic carbocycles. The average molecular weight is 248 g/mol. The molecule has 0 aliphatic carbocycles. The molecule has 0 spiro atoms. The summed E-state index contributed by atoms with van der Waals surface area (Å²) in [6, 6.07) is 0.374. The lowest BCUT2D eigenvalue weighted by Crippen LogP contribution is -2.26. The van der Waals surface area contributed by atoms with Crippen LogP contribution in [-0.4, -0.2) is 29.0 Å². The first-order chi connectivity index (χ1) is 6.78. The van der Waals surface area contributed by atoms with E-state index in [0.29, 0.717) is 6.04 Å². The Bertz CT molecular complexity index is 303. The first kappa shape index (κ1) is 12.9. The van der Waals surface area contributed by atoms with Gasteiger partial charge in [0.25, 0.3) is 0 Å². The lowest BCUT2D eigenvalue weighted by molar-refractivity contribution is 0.323. The molecular formula is C10H18ClN3S. The maximum absolute atomic E-state index is 5.85. The Labute approximate surface area is 101 Å². The van der Waals surface area contributed by atoms with Crippen molar-refractivity contribution in [3.8, 4) is 0 Å². The number of likely N-dealkylation sites (tertiary alicyclic amines) is 1. The topological polar surface area (TPSA) is 42.2 Å². The number of hydrogen-bond donors (Lipinski definition) is 1. The van der Waals surface area contributed by atoms with Crippen molar-refractivity contribution in [1.29, 1.82) is 0 Å². The van der Waals surface area contributed by atoms with Gasteiger partial charge < -0.3 is 5.73 Å². The zero-order valence-electron chi connectivity index (χ0n) is 8.98. The Morgan fingerprint density at radius 3 is 3.00 bits per heavy atom. The molecule has 1 aromatic rings. The van der Waals surface area contributed by atoms with Gasteiger partial charge in [-0.1, -0.05) is 6.92 Å². The number of rotatable bonds is 3. The Morgan fingerprint density at radius 1 is 1.67 bits per heavy atom. The van der Waals surface area contributed by atoms with Gasteiger partial charge in [0.2, 0.25) is 0 Å². The Hall–Kier alpha value is -0.160. The third kappa shape index (κ3) is 3.41. The minimum absolute atomic E-state index is 0. The molecule has 1 atom stereocenters. The van der Waals surface area contributed by atoms with Crippen LogP contribution in [0.1, 0.15) is 24.0 Å². The standard InChI is InChI=1S/C10H17N3S.ClH/c1-2-10-12-9(7-14-10)6-13-4-3-8(11)5-13;/h7-8H,2-6,11H2,1H3;1H/t8-;/m0./s1. The molecule has 1 fully saturated rings. The molecule has 0 unspecified atom stereocenters. The number of aryl methyl sites for hydroxylation is 1. The van der Waals surface area contributed by atoms with Gasteiger partial charge in [-0.2, -0.15) is 0 Å². The van der Waals surface area contributed by atoms with Crippen LogP contribution in [0.3, 0.4) is 0 Å². The van der Waals surface area contributed by atoms with Crippen molar-refractivity contribution in [3.63, 3.8) is 0 Å². The van der Waals surface area contributed by atoms with Gasteiger partial charge in [-0.3, -0.25) is 4.90 Å². The monoisotopic (exact) mass is 247 g/mol. The van der Waals surface area contributed by atoms with E-state index in [4.69, 9.17) is 5.73 Å². The third-order valence-electron chi connectivity index (χ3n) is 2.60. The molecule has 0 amide bonds. The fraction of sp³-hybridized carbons (Fsp3) is 0.700. The van der Waals surface area contributed by atoms with Gasteiger partial charge in [-0.25, -0.2) is 4.98 Å². The summed E-state index contributed by atoms with van der Waals surface area (Å²) in [4.78, 5) is 6.94. The van der Waals surface area contributed by atoms with Gasteiger partial charge in [0.15, 0.2) is 0 Å². The quantitative estimate of drug-likeness (QED) is 0.884. The van der Waals surface area contributed by atoms with Crippen LogP contribution < -0.4 is 5.73 Å². The molecule has 86 valence electrons. The predicted octanol–water partition coefficient (Wildman–Crippen LogP) is 1.66. The van der Waals surface area contributed by atoms with E-state index in [1.165, 1.54) is 10.7 Å². The molecule has 1 aliphatic heterocycles. The van der Waals surface area contributed by atoms with Crippen molar-refractivity contribution >= 4 is 23.7 Å². The second-order valence-corrected chi connectivity index (χ2v) is 4.81. The van der Waals surface area contributed by atoms with Crippen molar-refractivity contribution in [2.45, 2.75) is 32.4 Å². The van der Waals surface area contributed by atoms with Crippen LogP contribution >= 0.6 is 23.7 Å². The van der Waals surface area contributed by atoms with Crippen molar-refractivity contribution in [1.82, 2.24) is 9.88 Å². The van der Waals surface area contributed by atoms with Crippen LogP contribution in [0.4, 0.5) is 0 Å². The van der Waals surface area contributed by atoms with Crippen molar-refractivity contribution in [2.75, 3.05) is 13.1 Å². The Balaban J connectivity index is 0.00000112. The number of hydrogen-bond acceptors (Lipinski definition) is 4. The second-order valence-electron chi connectivity index (χ2n) is 3.87. The normalized spacial score (nSPS) is 21.6. The van der Waals surface area contributed by atoms with E-state index in [9.17, 15) is 0 Å². The summed E-state index contributed by atoms with van der Waals surface area (Å²) < 4.78 is 0. The summed E-state index contributed by atoms with van der Waals surface area (Å²) in [6.45, 7) is 5.28. The summed E-state index contributed by atoms with van der Waals surface area (Å²) in [6.07, 6.45) is 2.18. The van der Waals surface area contributed by atoms with Crippen molar-refractivity contribution in [2.24, 2.45) is 5.73 Å². The molecule has 2 heterocycles. The molecule has 0 radical (unpaired) electrons. The lowest BCUT2D eigenvalue weighted by Gasteiger charge is -2.12. The molecule has 3 nitrogen and oxygen atoms in total. The third-order valence-corrected chi connectivity index (χ3v) is 3.64. The molecule has 2 N–H and O–H groups in total. The minimum atomic E-state index is 0. The highest BCUT2D eigenvalue weighted by molar-refractivity contribution is 7.09. The van der Waals surface area contributed by atoms with E-state index >= 15 is 0 Å². The summed E-state index contributed by atoms with van der Waals surface area (Å²) in [5.41, 5.74) is 7.06. The molecule has 0 saturated carbocycles. The molecule has 2 rings (SSSR count). The average Bonchev–Trinajstić information content (AvgIpc) is 2.76. The largest absolute Gasteiger partial charge is 0.326 e. The van der Waals surface area contributed by atoms with E-state index in [-0.39, 0.29) is 12.4 Å². The van der Waals surface area contributed by atoms with Crippen LogP contribution in [0.15, 0.2) is 5.38 Å². The number of halogens is 1. The fourth-order valence-corrected chi connectivity index (χ4v) is 2.56. The SMILES string of the molecule is CCc1nc(CN2CC[C@H](N)C2)cs1.Cl. The van der Waals surface area contributed by atoms with Crippen LogP contribution in [0.2, 0.25) is 0 Å². The van der Waals surface area contributed by atoms with E-state index in [1.54, 1.807) is 11.3 Å². The van der Waals surface area contributed by atoms with Gasteiger partial charge in [0.05, 0.1) is 10.7 Å². The van der Waals surface area contributed by atoms with E-state index in [0.717, 1.165) is 32.5 Å². The van der Waals surface area contributed by atoms with E-state index < -0.39 is 0 Å². The zero-order valence-corrected chi connectivity index (χ0v) is 10.6. The second kappa shape index (κ2) is 5.80. The highest BCUT2D eigenvalue weighted by Crippen LogP contribution is 2.15. The number of thiazole rings is 1. The molecule has 1 aliphatic rings. The van der Waals surface area contributed by atoms with Crippen molar-refractivity contribution in [3.05, 3.63) is 16.1 Å². The van der Waals surface area contributed by atoms with Gasteiger partial charge in [-0.05, 0) is 12.8 Å². The van der Waals surface area contributed by atoms with Crippen LogP contribution in [0, 0.1) is 0 Å². The van der Waals surface area contributed by atoms with Crippen LogP contribution in [-0.2, 0) is 13.0 Å². The summed E-state index contributed by atoms with van der Waals surface area (Å²) >= 11 is 1.76. The summed E-state index contributed by atoms with van der Waals surface area (Å²) in [7, 11) is 0. The van der Waals surface area contributed by atoms with E-state index in [2.05, 4.69) is 22.2 Å².